The molecular weight excluding hydrogens is 404 g/mol. The molecular formula is C23H20N8O. The van der Waals surface area contributed by atoms with Crippen molar-refractivity contribution in [3.8, 4) is 11.3 Å². The van der Waals surface area contributed by atoms with E-state index in [0.29, 0.717) is 17.9 Å². The van der Waals surface area contributed by atoms with Crippen LogP contribution in [-0.4, -0.2) is 42.9 Å². The van der Waals surface area contributed by atoms with Gasteiger partial charge in [-0.15, -0.1) is 0 Å². The van der Waals surface area contributed by atoms with Crippen LogP contribution in [0.1, 0.15) is 16.1 Å². The standard InChI is InChI=1S/C23H20N8O/c1-24-21-10-19(25-14-26-21)16-7-8-18-20(9-16)29-30-22(18)23(32)28-17-11-27-31(13-17)12-15-5-3-2-4-6-15/h2-11,13-14H,12H2,1H3,(H,28,32)(H,29,30)(H,24,25,26). The molecule has 0 aliphatic heterocycles. The molecule has 1 amide bonds. The average molecular weight is 424 g/mol. The molecule has 0 spiro atoms. The number of hydrogen-bond acceptors (Lipinski definition) is 6. The van der Waals surface area contributed by atoms with Gasteiger partial charge in [0.15, 0.2) is 5.69 Å². The zero-order valence-corrected chi connectivity index (χ0v) is 17.3. The lowest BCUT2D eigenvalue weighted by Crippen LogP contribution is -2.12. The summed E-state index contributed by atoms with van der Waals surface area (Å²) in [6.07, 6.45) is 4.93. The second kappa shape index (κ2) is 8.31. The summed E-state index contributed by atoms with van der Waals surface area (Å²) in [4.78, 5) is 21.3. The lowest BCUT2D eigenvalue weighted by molar-refractivity contribution is 0.102. The molecule has 0 atom stereocenters. The molecule has 3 N–H and O–H groups in total. The fraction of sp³-hybridized carbons (Fsp3) is 0.0870. The number of anilines is 2. The number of aromatic nitrogens is 6. The molecule has 3 aromatic heterocycles. The Morgan fingerprint density at radius 2 is 1.97 bits per heavy atom. The molecule has 0 fully saturated rings. The first kappa shape index (κ1) is 19.4. The first-order valence-corrected chi connectivity index (χ1v) is 10.1. The number of hydrogen-bond donors (Lipinski definition) is 3. The molecule has 0 aliphatic carbocycles. The van der Waals surface area contributed by atoms with Crippen LogP contribution in [-0.2, 0) is 6.54 Å². The number of rotatable bonds is 6. The molecule has 0 saturated carbocycles. The number of carbonyl (C=O) groups is 1. The average Bonchev–Trinajstić information content (AvgIpc) is 3.46. The van der Waals surface area contributed by atoms with E-state index in [4.69, 9.17) is 0 Å². The number of benzene rings is 2. The molecule has 3 heterocycles. The van der Waals surface area contributed by atoms with Crippen LogP contribution in [0.4, 0.5) is 11.5 Å². The van der Waals surface area contributed by atoms with Gasteiger partial charge < -0.3 is 10.6 Å². The van der Waals surface area contributed by atoms with Crippen molar-refractivity contribution in [3.05, 3.63) is 84.6 Å². The molecule has 32 heavy (non-hydrogen) atoms. The number of nitrogens with zero attached hydrogens (tertiary/aromatic N) is 5. The molecule has 2 aromatic carbocycles. The van der Waals surface area contributed by atoms with E-state index in [9.17, 15) is 4.79 Å². The second-order valence-corrected chi connectivity index (χ2v) is 7.24. The third-order valence-electron chi connectivity index (χ3n) is 5.08. The van der Waals surface area contributed by atoms with Gasteiger partial charge in [0.05, 0.1) is 29.6 Å². The number of aromatic amines is 1. The Balaban J connectivity index is 1.34. The van der Waals surface area contributed by atoms with Crippen LogP contribution in [0.2, 0.25) is 0 Å². The summed E-state index contributed by atoms with van der Waals surface area (Å²) < 4.78 is 1.78. The van der Waals surface area contributed by atoms with Crippen LogP contribution in [0, 0.1) is 0 Å². The van der Waals surface area contributed by atoms with Crippen LogP contribution in [0.3, 0.4) is 0 Å². The summed E-state index contributed by atoms with van der Waals surface area (Å²) in [5.41, 5.74) is 4.48. The molecule has 9 nitrogen and oxygen atoms in total. The van der Waals surface area contributed by atoms with E-state index in [-0.39, 0.29) is 5.91 Å². The highest BCUT2D eigenvalue weighted by Crippen LogP contribution is 2.25. The first-order valence-electron chi connectivity index (χ1n) is 10.1. The highest BCUT2D eigenvalue weighted by Gasteiger charge is 2.16. The van der Waals surface area contributed by atoms with Crippen molar-refractivity contribution in [1.29, 1.82) is 0 Å². The van der Waals surface area contributed by atoms with Crippen LogP contribution < -0.4 is 10.6 Å². The maximum atomic E-state index is 12.8. The minimum atomic E-state index is -0.303. The fourth-order valence-electron chi connectivity index (χ4n) is 3.48. The largest absolute Gasteiger partial charge is 0.373 e. The van der Waals surface area contributed by atoms with Crippen LogP contribution >= 0.6 is 0 Å². The number of fused-ring (bicyclic) bond motifs is 1. The van der Waals surface area contributed by atoms with E-state index in [1.165, 1.54) is 6.33 Å². The fourth-order valence-corrected chi connectivity index (χ4v) is 3.48. The molecule has 0 unspecified atom stereocenters. The number of H-pyrrole nitrogens is 1. The lowest BCUT2D eigenvalue weighted by Gasteiger charge is -2.04. The van der Waals surface area contributed by atoms with Crippen molar-refractivity contribution >= 4 is 28.3 Å². The van der Waals surface area contributed by atoms with Crippen molar-refractivity contribution in [1.82, 2.24) is 29.9 Å². The van der Waals surface area contributed by atoms with Crippen molar-refractivity contribution in [2.75, 3.05) is 17.7 Å². The molecule has 158 valence electrons. The molecule has 5 rings (SSSR count). The lowest BCUT2D eigenvalue weighted by atomic mass is 10.1. The number of nitrogens with one attached hydrogen (secondary N) is 3. The summed E-state index contributed by atoms with van der Waals surface area (Å²) >= 11 is 0. The topological polar surface area (TPSA) is 113 Å². The summed E-state index contributed by atoms with van der Waals surface area (Å²) in [5, 5.41) is 18.1. The quantitative estimate of drug-likeness (QED) is 0.384. The van der Waals surface area contributed by atoms with Gasteiger partial charge in [-0.25, -0.2) is 9.97 Å². The van der Waals surface area contributed by atoms with Gasteiger partial charge in [0, 0.05) is 30.3 Å². The highest BCUT2D eigenvalue weighted by molar-refractivity contribution is 6.11. The van der Waals surface area contributed by atoms with Gasteiger partial charge in [-0.3, -0.25) is 14.6 Å². The molecule has 0 saturated heterocycles. The van der Waals surface area contributed by atoms with E-state index < -0.39 is 0 Å². The zero-order valence-electron chi connectivity index (χ0n) is 17.3. The summed E-state index contributed by atoms with van der Waals surface area (Å²) in [7, 11) is 1.81. The van der Waals surface area contributed by atoms with E-state index >= 15 is 0 Å². The minimum absolute atomic E-state index is 0.303. The molecule has 0 radical (unpaired) electrons. The van der Waals surface area contributed by atoms with Gasteiger partial charge in [0.1, 0.15) is 12.1 Å². The van der Waals surface area contributed by atoms with Gasteiger partial charge in [0.2, 0.25) is 0 Å². The summed E-state index contributed by atoms with van der Waals surface area (Å²) in [6, 6.07) is 17.6. The van der Waals surface area contributed by atoms with Crippen LogP contribution in [0.5, 0.6) is 0 Å². The van der Waals surface area contributed by atoms with E-state index in [1.54, 1.807) is 24.1 Å². The Kier molecular flexibility index (Phi) is 5.04. The third kappa shape index (κ3) is 3.91. The van der Waals surface area contributed by atoms with E-state index in [0.717, 1.165) is 33.5 Å². The summed E-state index contributed by atoms with van der Waals surface area (Å²) in [6.45, 7) is 0.628. The van der Waals surface area contributed by atoms with Gasteiger partial charge in [-0.1, -0.05) is 36.4 Å². The van der Waals surface area contributed by atoms with Crippen molar-refractivity contribution in [3.63, 3.8) is 0 Å². The normalized spacial score (nSPS) is 10.9. The van der Waals surface area contributed by atoms with Crippen molar-refractivity contribution < 1.29 is 4.79 Å². The number of amides is 1. The Labute approximate surface area is 183 Å². The Hall–Kier alpha value is -4.53. The highest BCUT2D eigenvalue weighted by atomic mass is 16.2. The van der Waals surface area contributed by atoms with Crippen molar-refractivity contribution in [2.24, 2.45) is 0 Å². The van der Waals surface area contributed by atoms with E-state index in [1.807, 2.05) is 54.6 Å². The van der Waals surface area contributed by atoms with Gasteiger partial charge in [-0.2, -0.15) is 10.2 Å². The Morgan fingerprint density at radius 1 is 1.09 bits per heavy atom. The first-order chi connectivity index (χ1) is 15.7. The number of carbonyl (C=O) groups excluding carboxylic acids is 1. The van der Waals surface area contributed by atoms with Gasteiger partial charge >= 0.3 is 0 Å². The second-order valence-electron chi connectivity index (χ2n) is 7.24. The maximum absolute atomic E-state index is 12.8. The van der Waals surface area contributed by atoms with Crippen molar-refractivity contribution in [2.45, 2.75) is 6.54 Å². The molecule has 0 bridgehead atoms. The monoisotopic (exact) mass is 424 g/mol. The Morgan fingerprint density at radius 3 is 2.81 bits per heavy atom. The Bertz CT molecular complexity index is 1390. The minimum Gasteiger partial charge on any atom is -0.373 e. The van der Waals surface area contributed by atoms with Crippen LogP contribution in [0.15, 0.2) is 73.3 Å². The third-order valence-corrected chi connectivity index (χ3v) is 5.08. The molecule has 0 aliphatic rings. The zero-order chi connectivity index (χ0) is 21.9. The van der Waals surface area contributed by atoms with E-state index in [2.05, 4.69) is 35.9 Å². The molecule has 5 aromatic rings. The van der Waals surface area contributed by atoms with Gasteiger partial charge in [-0.05, 0) is 17.7 Å². The maximum Gasteiger partial charge on any atom is 0.276 e. The van der Waals surface area contributed by atoms with Gasteiger partial charge in [0.25, 0.3) is 5.91 Å². The predicted molar refractivity (Wildman–Crippen MR) is 122 cm³/mol. The SMILES string of the molecule is CNc1cc(-c2ccc3c(C(=O)Nc4cnn(Cc5ccccc5)c4)n[nH]c3c2)ncn1. The molecule has 9 heteroatoms. The smallest absolute Gasteiger partial charge is 0.276 e. The van der Waals surface area contributed by atoms with Crippen LogP contribution in [0.25, 0.3) is 22.2 Å². The predicted octanol–water partition coefficient (Wildman–Crippen LogP) is 3.56. The summed E-state index contributed by atoms with van der Waals surface area (Å²) in [5.74, 6) is 0.426.